The molecule has 1 aromatic heterocycles. The molecule has 2 aliphatic rings. The maximum Gasteiger partial charge on any atom is 0.409 e. The van der Waals surface area contributed by atoms with Crippen LogP contribution in [0.3, 0.4) is 0 Å². The predicted octanol–water partition coefficient (Wildman–Crippen LogP) is 2.45. The summed E-state index contributed by atoms with van der Waals surface area (Å²) >= 11 is 0. The van der Waals surface area contributed by atoms with Gasteiger partial charge in [0.05, 0.1) is 12.8 Å². The predicted molar refractivity (Wildman–Crippen MR) is 100 cm³/mol. The molecule has 0 unspecified atom stereocenters. The van der Waals surface area contributed by atoms with E-state index in [-0.39, 0.29) is 6.09 Å². The summed E-state index contributed by atoms with van der Waals surface area (Å²) in [7, 11) is 0. The summed E-state index contributed by atoms with van der Waals surface area (Å²) in [6.07, 6.45) is 9.90. The SMILES string of the molecule is CCOC(=O)N1CCN(c2nncc(NCCC3=CCCCC3)n2)CC1. The van der Waals surface area contributed by atoms with Crippen LogP contribution in [0.25, 0.3) is 0 Å². The van der Waals surface area contributed by atoms with Crippen LogP contribution >= 0.6 is 0 Å². The van der Waals surface area contributed by atoms with Gasteiger partial charge in [0.15, 0.2) is 5.82 Å². The molecule has 3 rings (SSSR count). The molecule has 2 heterocycles. The number of nitrogens with zero attached hydrogens (tertiary/aromatic N) is 5. The Morgan fingerprint density at radius 2 is 2.12 bits per heavy atom. The van der Waals surface area contributed by atoms with E-state index in [0.29, 0.717) is 38.7 Å². The maximum atomic E-state index is 11.8. The molecule has 0 atom stereocenters. The summed E-state index contributed by atoms with van der Waals surface area (Å²) in [4.78, 5) is 20.1. The lowest BCUT2D eigenvalue weighted by Crippen LogP contribution is -2.49. The fourth-order valence-corrected chi connectivity index (χ4v) is 3.30. The van der Waals surface area contributed by atoms with Crippen LogP contribution in [-0.4, -0.2) is 65.5 Å². The Balaban J connectivity index is 1.48. The van der Waals surface area contributed by atoms with Crippen molar-refractivity contribution in [1.29, 1.82) is 0 Å². The molecular formula is C18H28N6O2. The minimum absolute atomic E-state index is 0.251. The highest BCUT2D eigenvalue weighted by Gasteiger charge is 2.23. The van der Waals surface area contributed by atoms with Gasteiger partial charge in [-0.15, -0.1) is 5.10 Å². The van der Waals surface area contributed by atoms with Gasteiger partial charge < -0.3 is 19.9 Å². The van der Waals surface area contributed by atoms with Crippen LogP contribution in [0, 0.1) is 0 Å². The molecule has 26 heavy (non-hydrogen) atoms. The normalized spacial score (nSPS) is 17.7. The summed E-state index contributed by atoms with van der Waals surface area (Å²) < 4.78 is 5.05. The van der Waals surface area contributed by atoms with E-state index in [1.165, 1.54) is 25.7 Å². The lowest BCUT2D eigenvalue weighted by atomic mass is 9.97. The van der Waals surface area contributed by atoms with E-state index in [9.17, 15) is 4.79 Å². The molecule has 1 amide bonds. The van der Waals surface area contributed by atoms with Crippen molar-refractivity contribution in [1.82, 2.24) is 20.1 Å². The van der Waals surface area contributed by atoms with Crippen LogP contribution in [0.15, 0.2) is 17.8 Å². The molecule has 1 fully saturated rings. The Bertz CT molecular complexity index is 628. The Labute approximate surface area is 154 Å². The van der Waals surface area contributed by atoms with Crippen LogP contribution in [0.5, 0.6) is 0 Å². The van der Waals surface area contributed by atoms with E-state index in [1.54, 1.807) is 16.7 Å². The van der Waals surface area contributed by atoms with Gasteiger partial charge in [0, 0.05) is 32.7 Å². The topological polar surface area (TPSA) is 83.5 Å². The zero-order chi connectivity index (χ0) is 18.2. The standard InChI is InChI=1S/C18H28N6O2/c1-2-26-18(25)24-12-10-23(11-13-24)17-21-16(14-20-22-17)19-9-8-15-6-4-3-5-7-15/h6,14H,2-5,7-13H2,1H3,(H,19,21,22). The van der Waals surface area contributed by atoms with Crippen molar-refractivity contribution in [2.75, 3.05) is 49.5 Å². The van der Waals surface area contributed by atoms with Crippen LogP contribution in [0.4, 0.5) is 16.6 Å². The number of allylic oxidation sites excluding steroid dienone is 1. The molecule has 1 aliphatic carbocycles. The lowest BCUT2D eigenvalue weighted by Gasteiger charge is -2.33. The Morgan fingerprint density at radius 1 is 1.27 bits per heavy atom. The van der Waals surface area contributed by atoms with E-state index in [2.05, 4.69) is 31.5 Å². The smallest absolute Gasteiger partial charge is 0.409 e. The number of carbonyl (C=O) groups is 1. The van der Waals surface area contributed by atoms with Crippen molar-refractivity contribution in [2.45, 2.75) is 39.0 Å². The van der Waals surface area contributed by atoms with Crippen molar-refractivity contribution in [2.24, 2.45) is 0 Å². The summed E-state index contributed by atoms with van der Waals surface area (Å²) in [5, 5.41) is 11.6. The molecule has 142 valence electrons. The number of rotatable bonds is 6. The summed E-state index contributed by atoms with van der Waals surface area (Å²) in [5.74, 6) is 1.36. The first-order valence-corrected chi connectivity index (χ1v) is 9.54. The first-order chi connectivity index (χ1) is 12.8. The third kappa shape index (κ3) is 5.06. The second kappa shape index (κ2) is 9.35. The van der Waals surface area contributed by atoms with Crippen LogP contribution < -0.4 is 10.2 Å². The maximum absolute atomic E-state index is 11.8. The number of hydrogen-bond donors (Lipinski definition) is 1. The first kappa shape index (κ1) is 18.4. The molecule has 0 saturated carbocycles. The molecular weight excluding hydrogens is 332 g/mol. The number of aromatic nitrogens is 3. The average molecular weight is 360 g/mol. The number of amides is 1. The highest BCUT2D eigenvalue weighted by Crippen LogP contribution is 2.20. The summed E-state index contributed by atoms with van der Waals surface area (Å²) in [6, 6.07) is 0. The van der Waals surface area contributed by atoms with Crippen molar-refractivity contribution >= 4 is 17.9 Å². The molecule has 8 heteroatoms. The van der Waals surface area contributed by atoms with Crippen molar-refractivity contribution < 1.29 is 9.53 Å². The van der Waals surface area contributed by atoms with Gasteiger partial charge in [0.25, 0.3) is 0 Å². The minimum atomic E-state index is -0.251. The molecule has 1 aliphatic heterocycles. The zero-order valence-corrected chi connectivity index (χ0v) is 15.5. The second-order valence-electron chi connectivity index (χ2n) is 6.60. The van der Waals surface area contributed by atoms with Crippen LogP contribution in [-0.2, 0) is 4.74 Å². The van der Waals surface area contributed by atoms with Gasteiger partial charge in [0.2, 0.25) is 5.95 Å². The van der Waals surface area contributed by atoms with Crippen molar-refractivity contribution in [3.63, 3.8) is 0 Å². The molecule has 1 aromatic rings. The van der Waals surface area contributed by atoms with Crippen molar-refractivity contribution in [3.8, 4) is 0 Å². The zero-order valence-electron chi connectivity index (χ0n) is 15.5. The Hall–Kier alpha value is -2.38. The average Bonchev–Trinajstić information content (AvgIpc) is 2.69. The molecule has 0 bridgehead atoms. The summed E-state index contributed by atoms with van der Waals surface area (Å²) in [5.41, 5.74) is 1.54. The number of hydrogen-bond acceptors (Lipinski definition) is 7. The van der Waals surface area contributed by atoms with E-state index < -0.39 is 0 Å². The van der Waals surface area contributed by atoms with Crippen molar-refractivity contribution in [3.05, 3.63) is 17.8 Å². The van der Waals surface area contributed by atoms with E-state index >= 15 is 0 Å². The summed E-state index contributed by atoms with van der Waals surface area (Å²) in [6.45, 7) is 5.64. The number of ether oxygens (including phenoxy) is 1. The molecule has 0 spiro atoms. The molecule has 1 saturated heterocycles. The highest BCUT2D eigenvalue weighted by molar-refractivity contribution is 5.68. The third-order valence-corrected chi connectivity index (χ3v) is 4.77. The molecule has 8 nitrogen and oxygen atoms in total. The second-order valence-corrected chi connectivity index (χ2v) is 6.60. The largest absolute Gasteiger partial charge is 0.450 e. The van der Waals surface area contributed by atoms with Gasteiger partial charge in [0.1, 0.15) is 0 Å². The van der Waals surface area contributed by atoms with Gasteiger partial charge in [-0.1, -0.05) is 11.6 Å². The minimum Gasteiger partial charge on any atom is -0.450 e. The van der Waals surface area contributed by atoms with Gasteiger partial charge in [-0.2, -0.15) is 10.1 Å². The lowest BCUT2D eigenvalue weighted by molar-refractivity contribution is 0.105. The van der Waals surface area contributed by atoms with Crippen LogP contribution in [0.1, 0.15) is 39.0 Å². The van der Waals surface area contributed by atoms with E-state index in [4.69, 9.17) is 4.74 Å². The number of nitrogens with one attached hydrogen (secondary N) is 1. The van der Waals surface area contributed by atoms with E-state index in [1.807, 2.05) is 6.92 Å². The fraction of sp³-hybridized carbons (Fsp3) is 0.667. The molecule has 1 N–H and O–H groups in total. The number of piperazine rings is 1. The van der Waals surface area contributed by atoms with Gasteiger partial charge in [-0.3, -0.25) is 0 Å². The monoisotopic (exact) mass is 360 g/mol. The van der Waals surface area contributed by atoms with Gasteiger partial charge in [-0.05, 0) is 39.0 Å². The fourth-order valence-electron chi connectivity index (χ4n) is 3.30. The van der Waals surface area contributed by atoms with Gasteiger partial charge >= 0.3 is 6.09 Å². The van der Waals surface area contributed by atoms with E-state index in [0.717, 1.165) is 18.8 Å². The number of carbonyl (C=O) groups excluding carboxylic acids is 1. The Kier molecular flexibility index (Phi) is 6.62. The molecule has 0 radical (unpaired) electrons. The Morgan fingerprint density at radius 3 is 2.85 bits per heavy atom. The molecule has 0 aromatic carbocycles. The van der Waals surface area contributed by atoms with Gasteiger partial charge in [-0.25, -0.2) is 4.79 Å². The van der Waals surface area contributed by atoms with Crippen LogP contribution in [0.2, 0.25) is 0 Å². The highest BCUT2D eigenvalue weighted by atomic mass is 16.6. The number of anilines is 2. The first-order valence-electron chi connectivity index (χ1n) is 9.54. The third-order valence-electron chi connectivity index (χ3n) is 4.77. The quantitative estimate of drug-likeness (QED) is 0.780.